The molecule has 0 aliphatic heterocycles. The van der Waals surface area contributed by atoms with Crippen molar-refractivity contribution in [3.8, 4) is 0 Å². The molecule has 0 heterocycles. The van der Waals surface area contributed by atoms with Crippen LogP contribution in [0.3, 0.4) is 0 Å². The van der Waals surface area contributed by atoms with Crippen molar-refractivity contribution < 1.29 is 28.6 Å². The van der Waals surface area contributed by atoms with Crippen LogP contribution in [-0.2, 0) is 28.6 Å². The third-order valence-electron chi connectivity index (χ3n) is 12.7. The quantitative estimate of drug-likeness (QED) is 0.0199. The predicted molar refractivity (Wildman–Crippen MR) is 302 cm³/mol. The molecule has 1 unspecified atom stereocenters. The summed E-state index contributed by atoms with van der Waals surface area (Å²) < 4.78 is 16.9. The second kappa shape index (κ2) is 58.2. The molecule has 6 heteroatoms. The van der Waals surface area contributed by atoms with E-state index >= 15 is 0 Å². The van der Waals surface area contributed by atoms with Crippen LogP contribution in [0, 0.1) is 0 Å². The lowest BCUT2D eigenvalue weighted by Crippen LogP contribution is -2.30. The minimum absolute atomic E-state index is 0.0928. The number of carbonyl (C=O) groups is 3. The van der Waals surface area contributed by atoms with Crippen LogP contribution in [0.15, 0.2) is 85.1 Å². The predicted octanol–water partition coefficient (Wildman–Crippen LogP) is 19.9. The van der Waals surface area contributed by atoms with Gasteiger partial charge < -0.3 is 14.2 Å². The fourth-order valence-corrected chi connectivity index (χ4v) is 8.26. The van der Waals surface area contributed by atoms with Gasteiger partial charge in [-0.05, 0) is 89.9 Å². The summed E-state index contributed by atoms with van der Waals surface area (Å²) in [6.45, 7) is 6.48. The van der Waals surface area contributed by atoms with Gasteiger partial charge in [-0.15, -0.1) is 0 Å². The highest BCUT2D eigenvalue weighted by Gasteiger charge is 2.19. The Labute approximate surface area is 433 Å². The largest absolute Gasteiger partial charge is 0.462 e. The molecule has 0 N–H and O–H groups in total. The molecule has 0 fully saturated rings. The molecule has 0 aromatic heterocycles. The van der Waals surface area contributed by atoms with Crippen molar-refractivity contribution in [1.82, 2.24) is 0 Å². The number of hydrogen-bond donors (Lipinski definition) is 0. The second-order valence-electron chi connectivity index (χ2n) is 19.6. The van der Waals surface area contributed by atoms with Gasteiger partial charge in [0.25, 0.3) is 0 Å². The monoisotopic (exact) mass is 975 g/mol. The Morgan fingerprint density at radius 2 is 0.571 bits per heavy atom. The van der Waals surface area contributed by atoms with Crippen LogP contribution in [0.4, 0.5) is 0 Å². The van der Waals surface area contributed by atoms with E-state index in [0.717, 1.165) is 103 Å². The maximum atomic E-state index is 12.9. The molecule has 0 bridgehead atoms. The lowest BCUT2D eigenvalue weighted by atomic mass is 10.1. The van der Waals surface area contributed by atoms with E-state index in [4.69, 9.17) is 14.2 Å². The molecule has 0 aromatic carbocycles. The van der Waals surface area contributed by atoms with Gasteiger partial charge in [0.1, 0.15) is 13.2 Å². The summed E-state index contributed by atoms with van der Waals surface area (Å²) in [6, 6.07) is 0. The van der Waals surface area contributed by atoms with Crippen LogP contribution < -0.4 is 0 Å². The zero-order valence-electron chi connectivity index (χ0n) is 46.0. The van der Waals surface area contributed by atoms with Gasteiger partial charge in [-0.2, -0.15) is 0 Å². The van der Waals surface area contributed by atoms with E-state index in [-0.39, 0.29) is 31.1 Å². The second-order valence-corrected chi connectivity index (χ2v) is 19.6. The molecule has 70 heavy (non-hydrogen) atoms. The zero-order valence-corrected chi connectivity index (χ0v) is 46.0. The van der Waals surface area contributed by atoms with Gasteiger partial charge in [-0.25, -0.2) is 0 Å². The van der Waals surface area contributed by atoms with Gasteiger partial charge in [0.05, 0.1) is 0 Å². The number of esters is 3. The van der Waals surface area contributed by atoms with Crippen molar-refractivity contribution in [3.63, 3.8) is 0 Å². The van der Waals surface area contributed by atoms with Crippen LogP contribution in [0.25, 0.3) is 0 Å². The lowest BCUT2D eigenvalue weighted by molar-refractivity contribution is -0.167. The molecule has 0 radical (unpaired) electrons. The van der Waals surface area contributed by atoms with Crippen LogP contribution in [0.2, 0.25) is 0 Å². The summed E-state index contributed by atoms with van der Waals surface area (Å²) in [5.41, 5.74) is 0. The molecular weight excluding hydrogens is 865 g/mol. The molecule has 0 saturated carbocycles. The Morgan fingerprint density at radius 3 is 0.929 bits per heavy atom. The Kier molecular flexibility index (Phi) is 55.3. The smallest absolute Gasteiger partial charge is 0.306 e. The minimum atomic E-state index is -0.798. The maximum absolute atomic E-state index is 12.9. The first-order valence-electron chi connectivity index (χ1n) is 29.7. The molecule has 0 saturated heterocycles. The van der Waals surface area contributed by atoms with Gasteiger partial charge in [0.15, 0.2) is 6.10 Å². The SMILES string of the molecule is CC\C=C/C=C\C=C/C=C\CCCCCCCC(=O)OCC(COC(=O)CCCCCCCCC/C=C\CCCCCCCCCC)OC(=O)CCCCCCC/C=C\C=C/CCCCCCCCC. The first-order valence-corrected chi connectivity index (χ1v) is 29.7. The van der Waals surface area contributed by atoms with Crippen molar-refractivity contribution in [2.24, 2.45) is 0 Å². The summed E-state index contributed by atoms with van der Waals surface area (Å²) in [4.78, 5) is 38.2. The molecule has 0 aromatic rings. The molecule has 402 valence electrons. The number of ether oxygens (including phenoxy) is 3. The summed E-state index contributed by atoms with van der Waals surface area (Å²) in [7, 11) is 0. The van der Waals surface area contributed by atoms with E-state index in [2.05, 4.69) is 87.6 Å². The number of unbranched alkanes of at least 4 members (excludes halogenated alkanes) is 32. The Balaban J connectivity index is 4.44. The van der Waals surface area contributed by atoms with Crippen LogP contribution >= 0.6 is 0 Å². The van der Waals surface area contributed by atoms with E-state index in [1.54, 1.807) is 0 Å². The molecule has 1 atom stereocenters. The third kappa shape index (κ3) is 55.5. The average molecular weight is 976 g/mol. The zero-order chi connectivity index (χ0) is 50.7. The summed E-state index contributed by atoms with van der Waals surface area (Å²) in [5, 5.41) is 0. The number of carbonyl (C=O) groups excluding carboxylic acids is 3. The first-order chi connectivity index (χ1) is 34.5. The van der Waals surface area contributed by atoms with E-state index in [9.17, 15) is 14.4 Å². The first kappa shape index (κ1) is 66.6. The van der Waals surface area contributed by atoms with Gasteiger partial charge in [0.2, 0.25) is 0 Å². The van der Waals surface area contributed by atoms with Gasteiger partial charge >= 0.3 is 17.9 Å². The molecular formula is C64H110O6. The van der Waals surface area contributed by atoms with Gasteiger partial charge in [-0.3, -0.25) is 14.4 Å². The summed E-state index contributed by atoms with van der Waals surface area (Å²) in [6.07, 6.45) is 75.7. The Morgan fingerprint density at radius 1 is 0.300 bits per heavy atom. The molecule has 6 nitrogen and oxygen atoms in total. The summed E-state index contributed by atoms with van der Waals surface area (Å²) in [5.74, 6) is -0.929. The maximum Gasteiger partial charge on any atom is 0.306 e. The van der Waals surface area contributed by atoms with E-state index in [0.29, 0.717) is 19.3 Å². The van der Waals surface area contributed by atoms with Gasteiger partial charge in [0, 0.05) is 19.3 Å². The fourth-order valence-electron chi connectivity index (χ4n) is 8.26. The Bertz CT molecular complexity index is 1350. The van der Waals surface area contributed by atoms with Crippen molar-refractivity contribution in [3.05, 3.63) is 85.1 Å². The molecule has 0 rings (SSSR count). The number of allylic oxidation sites excluding steroid dienone is 14. The van der Waals surface area contributed by atoms with Crippen LogP contribution in [0.5, 0.6) is 0 Å². The number of rotatable bonds is 53. The van der Waals surface area contributed by atoms with E-state index in [1.165, 1.54) is 141 Å². The highest BCUT2D eigenvalue weighted by molar-refractivity contribution is 5.71. The normalized spacial score (nSPS) is 12.7. The third-order valence-corrected chi connectivity index (χ3v) is 12.7. The number of hydrogen-bond acceptors (Lipinski definition) is 6. The van der Waals surface area contributed by atoms with Crippen LogP contribution in [-0.4, -0.2) is 37.2 Å². The molecule has 0 amide bonds. The Hall–Kier alpha value is -3.41. The summed E-state index contributed by atoms with van der Waals surface area (Å²) >= 11 is 0. The molecule has 0 aliphatic carbocycles. The molecule has 0 aliphatic rings. The topological polar surface area (TPSA) is 78.9 Å². The standard InChI is InChI=1S/C64H110O6/c1-4-7-10-13-16-19-22-25-28-30-32-34-36-39-42-45-48-51-54-57-63(66)69-60-61(59-68-62(65)56-53-50-47-44-41-38-35-27-24-21-18-15-12-9-6-3)70-64(67)58-55-52-49-46-43-40-37-33-31-29-26-23-20-17-14-11-8-5-2/h9,12,15,18,21,24,27,29-33,35,37,61H,4-8,10-11,13-14,16-17,19-20,22-23,25-26,28,34,36,38-60H2,1-3H3/b12-9-,18-15-,24-21-,31-29-,32-30-,35-27-,37-33-. The highest BCUT2D eigenvalue weighted by Crippen LogP contribution is 2.15. The van der Waals surface area contributed by atoms with Crippen molar-refractivity contribution in [2.45, 2.75) is 290 Å². The van der Waals surface area contributed by atoms with E-state index in [1.807, 2.05) is 18.2 Å². The van der Waals surface area contributed by atoms with Crippen molar-refractivity contribution in [1.29, 1.82) is 0 Å². The lowest BCUT2D eigenvalue weighted by Gasteiger charge is -2.18. The van der Waals surface area contributed by atoms with Crippen molar-refractivity contribution in [2.75, 3.05) is 13.2 Å². The minimum Gasteiger partial charge on any atom is -0.462 e. The fraction of sp³-hybridized carbons (Fsp3) is 0.734. The average Bonchev–Trinajstić information content (AvgIpc) is 3.36. The van der Waals surface area contributed by atoms with Crippen molar-refractivity contribution >= 4 is 17.9 Å². The van der Waals surface area contributed by atoms with E-state index < -0.39 is 6.10 Å². The highest BCUT2D eigenvalue weighted by atomic mass is 16.6. The van der Waals surface area contributed by atoms with Crippen LogP contribution in [0.1, 0.15) is 284 Å². The molecule has 0 spiro atoms. The van der Waals surface area contributed by atoms with Gasteiger partial charge in [-0.1, -0.05) is 260 Å².